The molecule has 0 fully saturated rings. The highest BCUT2D eigenvalue weighted by Crippen LogP contribution is 2.22. The van der Waals surface area contributed by atoms with E-state index in [0.29, 0.717) is 6.54 Å². The first-order valence-corrected chi connectivity index (χ1v) is 4.35. The third kappa shape index (κ3) is 1.80. The summed E-state index contributed by atoms with van der Waals surface area (Å²) >= 11 is 0. The summed E-state index contributed by atoms with van der Waals surface area (Å²) in [4.78, 5) is 13.5. The van der Waals surface area contributed by atoms with Gasteiger partial charge in [-0.25, -0.2) is 0 Å². The molecule has 80 valence electrons. The van der Waals surface area contributed by atoms with Gasteiger partial charge in [0.2, 0.25) is 5.69 Å². The highest BCUT2D eigenvalue weighted by molar-refractivity contribution is 5.40. The van der Waals surface area contributed by atoms with Crippen LogP contribution in [0.1, 0.15) is 31.5 Å². The minimum Gasteiger partial charge on any atom is -0.383 e. The van der Waals surface area contributed by atoms with Gasteiger partial charge in [-0.2, -0.15) is 5.26 Å². The highest BCUT2D eigenvalue weighted by atomic mass is 16.6. The van der Waals surface area contributed by atoms with Crippen LogP contribution in [0.25, 0.3) is 0 Å². The number of aliphatic hydroxyl groups excluding tert-OH is 1. The van der Waals surface area contributed by atoms with Gasteiger partial charge in [0, 0.05) is 6.54 Å². The van der Waals surface area contributed by atoms with Crippen LogP contribution < -0.4 is 0 Å². The van der Waals surface area contributed by atoms with Crippen molar-refractivity contribution < 1.29 is 10.0 Å². The lowest BCUT2D eigenvalue weighted by Gasteiger charge is -2.02. The number of nitriles is 1. The normalized spacial score (nSPS) is 12.1. The number of nitrogens with zero attached hydrogens (tertiary/aromatic N) is 4. The Kier molecular flexibility index (Phi) is 3.01. The van der Waals surface area contributed by atoms with Gasteiger partial charge in [0.15, 0.2) is 0 Å². The van der Waals surface area contributed by atoms with Crippen LogP contribution in [0.5, 0.6) is 0 Å². The molecule has 1 aromatic rings. The summed E-state index contributed by atoms with van der Waals surface area (Å²) in [7, 11) is 0. The minimum absolute atomic E-state index is 0.126. The average Bonchev–Trinajstić information content (AvgIpc) is 2.55. The maximum atomic E-state index is 10.6. The molecular weight excluding hydrogens is 200 g/mol. The van der Waals surface area contributed by atoms with Gasteiger partial charge >= 0.3 is 5.82 Å². The van der Waals surface area contributed by atoms with E-state index in [2.05, 4.69) is 4.98 Å². The molecule has 0 radical (unpaired) electrons. The average molecular weight is 210 g/mol. The molecule has 0 aliphatic rings. The molecule has 1 rings (SSSR count). The molecule has 15 heavy (non-hydrogen) atoms. The van der Waals surface area contributed by atoms with Crippen LogP contribution in [0.15, 0.2) is 0 Å². The van der Waals surface area contributed by atoms with Gasteiger partial charge in [-0.15, -0.1) is 0 Å². The van der Waals surface area contributed by atoms with Crippen molar-refractivity contribution in [2.24, 2.45) is 0 Å². The zero-order valence-electron chi connectivity index (χ0n) is 8.34. The van der Waals surface area contributed by atoms with E-state index in [1.807, 2.05) is 0 Å². The number of hydrogen-bond acceptors (Lipinski definition) is 5. The van der Waals surface area contributed by atoms with Gasteiger partial charge in [0.25, 0.3) is 5.82 Å². The summed E-state index contributed by atoms with van der Waals surface area (Å²) in [6.07, 6.45) is -0.939. The lowest BCUT2D eigenvalue weighted by molar-refractivity contribution is -0.389. The molecule has 0 bridgehead atoms. The first-order chi connectivity index (χ1) is 7.02. The number of hydrogen-bond donors (Lipinski definition) is 1. The molecule has 0 amide bonds. The smallest absolute Gasteiger partial charge is 0.383 e. The number of imidazole rings is 1. The zero-order chi connectivity index (χ0) is 11.6. The summed E-state index contributed by atoms with van der Waals surface area (Å²) in [5.74, 6) is -0.365. The number of nitro groups is 1. The molecule has 1 atom stereocenters. The van der Waals surface area contributed by atoms with Gasteiger partial charge in [0.05, 0.1) is 0 Å². The Morgan fingerprint density at radius 3 is 2.73 bits per heavy atom. The fraction of sp³-hybridized carbons (Fsp3) is 0.500. The van der Waals surface area contributed by atoms with Crippen molar-refractivity contribution in [2.75, 3.05) is 0 Å². The molecule has 1 unspecified atom stereocenters. The van der Waals surface area contributed by atoms with Crippen LogP contribution in [-0.4, -0.2) is 19.6 Å². The Labute approximate surface area is 85.7 Å². The third-order valence-corrected chi connectivity index (χ3v) is 1.95. The summed E-state index contributed by atoms with van der Waals surface area (Å²) in [5, 5.41) is 28.7. The largest absolute Gasteiger partial charge is 0.400 e. The lowest BCUT2D eigenvalue weighted by Crippen LogP contribution is -2.06. The molecular formula is C8H10N4O3. The van der Waals surface area contributed by atoms with Crippen LogP contribution in [0.4, 0.5) is 5.82 Å². The first kappa shape index (κ1) is 11.1. The quantitative estimate of drug-likeness (QED) is 0.585. The fourth-order valence-corrected chi connectivity index (χ4v) is 1.33. The van der Waals surface area contributed by atoms with Crippen molar-refractivity contribution in [2.45, 2.75) is 26.5 Å². The molecule has 0 saturated heterocycles. The molecule has 0 aromatic carbocycles. The molecule has 0 saturated carbocycles. The van der Waals surface area contributed by atoms with E-state index < -0.39 is 16.8 Å². The molecule has 7 nitrogen and oxygen atoms in total. The van der Waals surface area contributed by atoms with E-state index in [4.69, 9.17) is 5.26 Å². The second-order valence-electron chi connectivity index (χ2n) is 2.93. The van der Waals surface area contributed by atoms with Crippen molar-refractivity contribution in [3.63, 3.8) is 0 Å². The zero-order valence-corrected chi connectivity index (χ0v) is 8.34. The Balaban J connectivity index is 3.46. The lowest BCUT2D eigenvalue weighted by atomic mass is 10.4. The predicted octanol–water partition coefficient (Wildman–Crippen LogP) is 0.736. The van der Waals surface area contributed by atoms with Gasteiger partial charge < -0.3 is 15.2 Å². The second kappa shape index (κ2) is 4.06. The van der Waals surface area contributed by atoms with Crippen LogP contribution in [-0.2, 0) is 6.54 Å². The number of rotatable bonds is 3. The van der Waals surface area contributed by atoms with Gasteiger partial charge in [0.1, 0.15) is 12.2 Å². The number of aromatic nitrogens is 2. The van der Waals surface area contributed by atoms with E-state index in [9.17, 15) is 15.2 Å². The monoisotopic (exact) mass is 210 g/mol. The van der Waals surface area contributed by atoms with Gasteiger partial charge in [-0.1, -0.05) is 0 Å². The molecule has 1 heterocycles. The molecule has 1 aromatic heterocycles. The van der Waals surface area contributed by atoms with Crippen LogP contribution in [0.3, 0.4) is 0 Å². The summed E-state index contributed by atoms with van der Waals surface area (Å²) in [6.45, 7) is 3.52. The van der Waals surface area contributed by atoms with E-state index >= 15 is 0 Å². The van der Waals surface area contributed by atoms with Gasteiger partial charge in [-0.05, 0) is 23.8 Å². The number of aliphatic hydroxyl groups is 1. The Bertz CT molecular complexity index is 430. The summed E-state index contributed by atoms with van der Waals surface area (Å²) in [5.41, 5.74) is -0.126. The van der Waals surface area contributed by atoms with E-state index in [0.717, 1.165) is 0 Å². The van der Waals surface area contributed by atoms with Gasteiger partial charge in [-0.3, -0.25) is 4.57 Å². The standard InChI is InChI=1S/C8H10N4O3/c1-3-11-6(4-9)8(12(14)15)10-7(11)5(2)13/h5,13H,3H2,1-2H3. The molecule has 1 N–H and O–H groups in total. The Morgan fingerprint density at radius 1 is 1.80 bits per heavy atom. The summed E-state index contributed by atoms with van der Waals surface area (Å²) in [6, 6.07) is 1.72. The van der Waals surface area contributed by atoms with E-state index in [-0.39, 0.29) is 11.5 Å². The molecule has 0 spiro atoms. The summed E-state index contributed by atoms with van der Waals surface area (Å²) < 4.78 is 1.34. The van der Waals surface area contributed by atoms with Crippen molar-refractivity contribution in [3.8, 4) is 6.07 Å². The topological polar surface area (TPSA) is 105 Å². The van der Waals surface area contributed by atoms with Crippen molar-refractivity contribution >= 4 is 5.82 Å². The van der Waals surface area contributed by atoms with Crippen molar-refractivity contribution in [3.05, 3.63) is 21.6 Å². The second-order valence-corrected chi connectivity index (χ2v) is 2.93. The SMILES string of the molecule is CCn1c(C(C)O)nc([N+](=O)[O-])c1C#N. The fourth-order valence-electron chi connectivity index (χ4n) is 1.33. The first-order valence-electron chi connectivity index (χ1n) is 4.35. The van der Waals surface area contributed by atoms with E-state index in [1.54, 1.807) is 13.0 Å². The van der Waals surface area contributed by atoms with Crippen molar-refractivity contribution in [1.82, 2.24) is 9.55 Å². The van der Waals surface area contributed by atoms with E-state index in [1.165, 1.54) is 11.5 Å². The maximum absolute atomic E-state index is 10.6. The highest BCUT2D eigenvalue weighted by Gasteiger charge is 2.28. The minimum atomic E-state index is -0.939. The van der Waals surface area contributed by atoms with Crippen molar-refractivity contribution in [1.29, 1.82) is 5.26 Å². The van der Waals surface area contributed by atoms with Crippen LogP contribution >= 0.6 is 0 Å². The Morgan fingerprint density at radius 2 is 2.40 bits per heavy atom. The predicted molar refractivity (Wildman–Crippen MR) is 49.9 cm³/mol. The molecule has 7 heteroatoms. The maximum Gasteiger partial charge on any atom is 0.400 e. The third-order valence-electron chi connectivity index (χ3n) is 1.95. The Hall–Kier alpha value is -1.94. The van der Waals surface area contributed by atoms with Crippen LogP contribution in [0, 0.1) is 21.4 Å². The molecule has 0 aliphatic carbocycles. The van der Waals surface area contributed by atoms with Crippen LogP contribution in [0.2, 0.25) is 0 Å². The molecule has 0 aliphatic heterocycles.